The van der Waals surface area contributed by atoms with Gasteiger partial charge in [0.1, 0.15) is 0 Å². The highest BCUT2D eigenvalue weighted by atomic mass is 32.2. The van der Waals surface area contributed by atoms with Gasteiger partial charge < -0.3 is 19.8 Å². The van der Waals surface area contributed by atoms with E-state index >= 15 is 0 Å². The lowest BCUT2D eigenvalue weighted by atomic mass is 10.1. The number of amides is 1. The van der Waals surface area contributed by atoms with E-state index in [2.05, 4.69) is 0 Å². The van der Waals surface area contributed by atoms with Crippen LogP contribution in [-0.2, 0) is 14.3 Å². The number of esters is 1. The second kappa shape index (κ2) is 7.23. The van der Waals surface area contributed by atoms with Crippen molar-refractivity contribution in [3.8, 4) is 11.5 Å². The van der Waals surface area contributed by atoms with Gasteiger partial charge in [-0.1, -0.05) is 6.07 Å². The number of carbonyl (C=O) groups excluding carboxylic acids is 2. The van der Waals surface area contributed by atoms with Gasteiger partial charge in [0.25, 0.3) is 5.91 Å². The molecule has 0 atom stereocenters. The average molecular weight is 335 g/mol. The van der Waals surface area contributed by atoms with Crippen molar-refractivity contribution in [2.75, 3.05) is 26.5 Å². The van der Waals surface area contributed by atoms with Crippen LogP contribution in [0.4, 0.5) is 0 Å². The number of benzene rings is 2. The molecule has 0 bridgehead atoms. The first-order valence-corrected chi connectivity index (χ1v) is 7.79. The molecular weight excluding hydrogens is 318 g/mol. The Balaban J connectivity index is 1.95. The van der Waals surface area contributed by atoms with Gasteiger partial charge >= 0.3 is 5.97 Å². The number of rotatable bonds is 5. The number of phenolic OH excluding ortho intramolecular Hbond substituents is 2. The Hall–Kier alpha value is -2.41. The molecule has 7 heteroatoms. The predicted octanol–water partition coefficient (Wildman–Crippen LogP) is 1.97. The first kappa shape index (κ1) is 17.0. The molecule has 0 spiro atoms. The van der Waals surface area contributed by atoms with E-state index in [1.165, 1.54) is 28.8 Å². The van der Waals surface area contributed by atoms with Crippen LogP contribution in [0.15, 0.2) is 35.2 Å². The zero-order valence-corrected chi connectivity index (χ0v) is 13.6. The first-order valence-electron chi connectivity index (χ1n) is 6.81. The van der Waals surface area contributed by atoms with E-state index in [1.807, 2.05) is 6.07 Å². The van der Waals surface area contributed by atoms with E-state index in [0.29, 0.717) is 0 Å². The van der Waals surface area contributed by atoms with E-state index in [1.54, 1.807) is 26.2 Å². The molecule has 1 amide bonds. The summed E-state index contributed by atoms with van der Waals surface area (Å²) in [5.74, 6) is -1.03. The van der Waals surface area contributed by atoms with Crippen LogP contribution in [0.1, 0.15) is 0 Å². The molecule has 2 aromatic carbocycles. The van der Waals surface area contributed by atoms with E-state index in [-0.39, 0.29) is 29.8 Å². The van der Waals surface area contributed by atoms with E-state index in [0.717, 1.165) is 15.7 Å². The lowest BCUT2D eigenvalue weighted by Crippen LogP contribution is -2.27. The lowest BCUT2D eigenvalue weighted by Gasteiger charge is -2.10. The molecule has 0 heterocycles. The number of nitrogens with zero attached hydrogens (tertiary/aromatic N) is 1. The Morgan fingerprint density at radius 2 is 1.74 bits per heavy atom. The summed E-state index contributed by atoms with van der Waals surface area (Å²) in [7, 11) is 3.18. The normalized spacial score (nSPS) is 10.5. The standard InChI is InChI=1S/C16H17NO5S/c1-17(2)15(20)8-22-16(21)9-23-12-4-3-10-6-13(18)14(19)7-11(10)5-12/h3-7,18-19H,8-9H2,1-2H3. The molecule has 2 N–H and O–H groups in total. The minimum atomic E-state index is -0.473. The van der Waals surface area contributed by atoms with Gasteiger partial charge in [-0.15, -0.1) is 11.8 Å². The zero-order chi connectivity index (χ0) is 17.0. The first-order chi connectivity index (χ1) is 10.9. The Morgan fingerprint density at radius 3 is 2.39 bits per heavy atom. The minimum Gasteiger partial charge on any atom is -0.504 e. The summed E-state index contributed by atoms with van der Waals surface area (Å²) in [5.41, 5.74) is 0. The molecule has 0 saturated carbocycles. The fourth-order valence-corrected chi connectivity index (χ4v) is 2.54. The molecule has 0 aliphatic rings. The fraction of sp³-hybridized carbons (Fsp3) is 0.250. The predicted molar refractivity (Wildman–Crippen MR) is 87.7 cm³/mol. The van der Waals surface area contributed by atoms with Crippen molar-refractivity contribution < 1.29 is 24.5 Å². The van der Waals surface area contributed by atoms with E-state index in [4.69, 9.17) is 4.74 Å². The molecular formula is C16H17NO5S. The number of hydrogen-bond donors (Lipinski definition) is 2. The number of fused-ring (bicyclic) bond motifs is 1. The number of likely N-dealkylation sites (N-methyl/N-ethyl adjacent to an activating group) is 1. The van der Waals surface area contributed by atoms with Gasteiger partial charge in [-0.25, -0.2) is 0 Å². The summed E-state index contributed by atoms with van der Waals surface area (Å²) in [6.45, 7) is -0.267. The van der Waals surface area contributed by atoms with Crippen LogP contribution in [0, 0.1) is 0 Å². The maximum atomic E-state index is 11.6. The summed E-state index contributed by atoms with van der Waals surface area (Å²) in [6.07, 6.45) is 0. The van der Waals surface area contributed by atoms with Gasteiger partial charge in [0.05, 0.1) is 5.75 Å². The number of hydrogen-bond acceptors (Lipinski definition) is 6. The Morgan fingerprint density at radius 1 is 1.09 bits per heavy atom. The molecule has 0 aliphatic heterocycles. The summed E-state index contributed by atoms with van der Waals surface area (Å²) >= 11 is 1.27. The van der Waals surface area contributed by atoms with Gasteiger partial charge in [0.15, 0.2) is 18.1 Å². The SMILES string of the molecule is CN(C)C(=O)COC(=O)CSc1ccc2cc(O)c(O)cc2c1. The van der Waals surface area contributed by atoms with Crippen molar-refractivity contribution in [3.05, 3.63) is 30.3 Å². The minimum absolute atomic E-state index is 0.0796. The summed E-state index contributed by atoms with van der Waals surface area (Å²) in [6, 6.07) is 8.33. The molecule has 2 rings (SSSR count). The van der Waals surface area contributed by atoms with Crippen LogP contribution >= 0.6 is 11.8 Å². The summed E-state index contributed by atoms with van der Waals surface area (Å²) < 4.78 is 4.89. The summed E-state index contributed by atoms with van der Waals surface area (Å²) in [4.78, 5) is 25.1. The van der Waals surface area contributed by atoms with Crippen LogP contribution in [-0.4, -0.2) is 53.4 Å². The maximum absolute atomic E-state index is 11.6. The second-order valence-electron chi connectivity index (χ2n) is 5.09. The molecule has 0 fully saturated rings. The van der Waals surface area contributed by atoms with Crippen LogP contribution in [0.3, 0.4) is 0 Å². The molecule has 6 nitrogen and oxygen atoms in total. The van der Waals surface area contributed by atoms with Crippen LogP contribution in [0.5, 0.6) is 11.5 Å². The number of ether oxygens (including phenoxy) is 1. The van der Waals surface area contributed by atoms with Crippen molar-refractivity contribution in [1.82, 2.24) is 4.90 Å². The van der Waals surface area contributed by atoms with Gasteiger partial charge in [0, 0.05) is 19.0 Å². The molecule has 0 aromatic heterocycles. The van der Waals surface area contributed by atoms with Gasteiger partial charge in [0.2, 0.25) is 0 Å². The number of carbonyl (C=O) groups is 2. The third-order valence-electron chi connectivity index (χ3n) is 3.12. The zero-order valence-electron chi connectivity index (χ0n) is 12.8. The molecule has 0 aliphatic carbocycles. The second-order valence-corrected chi connectivity index (χ2v) is 6.14. The van der Waals surface area contributed by atoms with Crippen molar-refractivity contribution >= 4 is 34.4 Å². The molecule has 0 saturated heterocycles. The van der Waals surface area contributed by atoms with Crippen LogP contribution < -0.4 is 0 Å². The largest absolute Gasteiger partial charge is 0.504 e. The smallest absolute Gasteiger partial charge is 0.316 e. The fourth-order valence-electron chi connectivity index (χ4n) is 1.80. The number of thioether (sulfide) groups is 1. The molecule has 0 radical (unpaired) electrons. The van der Waals surface area contributed by atoms with Crippen molar-refractivity contribution in [2.24, 2.45) is 0 Å². The quantitative estimate of drug-likeness (QED) is 0.493. The summed E-state index contributed by atoms with van der Waals surface area (Å²) in [5, 5.41) is 20.5. The average Bonchev–Trinajstić information content (AvgIpc) is 2.51. The highest BCUT2D eigenvalue weighted by Gasteiger charge is 2.10. The highest BCUT2D eigenvalue weighted by molar-refractivity contribution is 8.00. The van der Waals surface area contributed by atoms with Gasteiger partial charge in [-0.2, -0.15) is 0 Å². The van der Waals surface area contributed by atoms with Crippen LogP contribution in [0.25, 0.3) is 10.8 Å². The van der Waals surface area contributed by atoms with E-state index < -0.39 is 5.97 Å². The topological polar surface area (TPSA) is 87.1 Å². The molecule has 2 aromatic rings. The monoisotopic (exact) mass is 335 g/mol. The van der Waals surface area contributed by atoms with Crippen LogP contribution in [0.2, 0.25) is 0 Å². The number of aromatic hydroxyl groups is 2. The molecule has 0 unspecified atom stereocenters. The highest BCUT2D eigenvalue weighted by Crippen LogP contribution is 2.32. The Kier molecular flexibility index (Phi) is 5.33. The van der Waals surface area contributed by atoms with Gasteiger partial charge in [-0.05, 0) is 35.0 Å². The lowest BCUT2D eigenvalue weighted by molar-refractivity contribution is -0.148. The van der Waals surface area contributed by atoms with Gasteiger partial charge in [-0.3, -0.25) is 9.59 Å². The number of phenols is 2. The van der Waals surface area contributed by atoms with Crippen molar-refractivity contribution in [2.45, 2.75) is 4.90 Å². The molecule has 122 valence electrons. The third-order valence-corrected chi connectivity index (χ3v) is 4.08. The Labute approximate surface area is 137 Å². The third kappa shape index (κ3) is 4.53. The maximum Gasteiger partial charge on any atom is 0.316 e. The molecule has 23 heavy (non-hydrogen) atoms. The Bertz CT molecular complexity index is 745. The van der Waals surface area contributed by atoms with Crippen molar-refractivity contribution in [1.29, 1.82) is 0 Å². The van der Waals surface area contributed by atoms with Crippen molar-refractivity contribution in [3.63, 3.8) is 0 Å². The van der Waals surface area contributed by atoms with E-state index in [9.17, 15) is 19.8 Å².